The number of hydrogen-bond donors (Lipinski definition) is 1. The summed E-state index contributed by atoms with van der Waals surface area (Å²) < 4.78 is 17.2. The quantitative estimate of drug-likeness (QED) is 0.792. The molecule has 4 heteroatoms. The molecule has 0 aromatic heterocycles. The summed E-state index contributed by atoms with van der Waals surface area (Å²) in [6, 6.07) is 14.5. The molecule has 0 radical (unpaired) electrons. The number of ether oxygens (including phenoxy) is 3. The predicted octanol–water partition coefficient (Wildman–Crippen LogP) is 3.85. The molecule has 1 N–H and O–H groups in total. The normalized spacial score (nSPS) is 16.8. The molecule has 1 atom stereocenters. The molecule has 0 spiro atoms. The van der Waals surface area contributed by atoms with Crippen molar-refractivity contribution >= 4 is 0 Å². The number of nitrogens with one attached hydrogen (secondary N) is 1. The zero-order chi connectivity index (χ0) is 17.5. The van der Waals surface area contributed by atoms with Crippen molar-refractivity contribution in [3.8, 4) is 11.5 Å². The van der Waals surface area contributed by atoms with E-state index in [1.54, 1.807) is 7.11 Å². The fourth-order valence-corrected chi connectivity index (χ4v) is 3.12. The molecule has 0 amide bonds. The van der Waals surface area contributed by atoms with Gasteiger partial charge < -0.3 is 19.5 Å². The lowest BCUT2D eigenvalue weighted by Crippen LogP contribution is -2.19. The minimum Gasteiger partial charge on any atom is -0.493 e. The average Bonchev–Trinajstić information content (AvgIpc) is 3.15. The van der Waals surface area contributed by atoms with E-state index in [0.29, 0.717) is 6.61 Å². The van der Waals surface area contributed by atoms with Gasteiger partial charge in [0.15, 0.2) is 11.5 Å². The number of hydrogen-bond acceptors (Lipinski definition) is 4. The number of para-hydroxylation sites is 1. The Morgan fingerprint density at radius 1 is 1.08 bits per heavy atom. The van der Waals surface area contributed by atoms with E-state index < -0.39 is 0 Å². The SMILES string of the molecule is COc1cccc(CNCc2ccccc2C)c1OCC1CCCO1. The smallest absolute Gasteiger partial charge is 0.165 e. The van der Waals surface area contributed by atoms with E-state index in [4.69, 9.17) is 14.2 Å². The van der Waals surface area contributed by atoms with Gasteiger partial charge in [0.1, 0.15) is 6.61 Å². The molecule has 1 heterocycles. The molecule has 4 nitrogen and oxygen atoms in total. The molecule has 2 aromatic rings. The van der Waals surface area contributed by atoms with E-state index in [9.17, 15) is 0 Å². The molecule has 1 aliphatic rings. The van der Waals surface area contributed by atoms with Crippen LogP contribution in [0.2, 0.25) is 0 Å². The fraction of sp³-hybridized carbons (Fsp3) is 0.429. The van der Waals surface area contributed by atoms with Gasteiger partial charge >= 0.3 is 0 Å². The molecule has 0 saturated carbocycles. The molecular formula is C21H27NO3. The zero-order valence-corrected chi connectivity index (χ0v) is 15.1. The van der Waals surface area contributed by atoms with Crippen LogP contribution in [-0.2, 0) is 17.8 Å². The highest BCUT2D eigenvalue weighted by molar-refractivity contribution is 5.46. The number of benzene rings is 2. The van der Waals surface area contributed by atoms with Gasteiger partial charge in [-0.3, -0.25) is 0 Å². The molecule has 2 aromatic carbocycles. The van der Waals surface area contributed by atoms with E-state index in [1.165, 1.54) is 11.1 Å². The van der Waals surface area contributed by atoms with E-state index in [1.807, 2.05) is 12.1 Å². The van der Waals surface area contributed by atoms with Crippen molar-refractivity contribution in [2.75, 3.05) is 20.3 Å². The molecule has 134 valence electrons. The van der Waals surface area contributed by atoms with Gasteiger partial charge in [-0.05, 0) is 37.0 Å². The van der Waals surface area contributed by atoms with Gasteiger partial charge in [0.2, 0.25) is 0 Å². The second-order valence-corrected chi connectivity index (χ2v) is 6.42. The summed E-state index contributed by atoms with van der Waals surface area (Å²) in [5.74, 6) is 1.59. The zero-order valence-electron chi connectivity index (χ0n) is 15.1. The summed E-state index contributed by atoms with van der Waals surface area (Å²) in [4.78, 5) is 0. The summed E-state index contributed by atoms with van der Waals surface area (Å²) in [6.07, 6.45) is 2.37. The van der Waals surface area contributed by atoms with Crippen LogP contribution in [0.3, 0.4) is 0 Å². The van der Waals surface area contributed by atoms with Crippen LogP contribution >= 0.6 is 0 Å². The summed E-state index contributed by atoms with van der Waals surface area (Å²) in [6.45, 7) is 5.11. The second-order valence-electron chi connectivity index (χ2n) is 6.42. The number of aryl methyl sites for hydroxylation is 1. The van der Waals surface area contributed by atoms with E-state index >= 15 is 0 Å². The molecule has 0 bridgehead atoms. The Labute approximate surface area is 150 Å². The first kappa shape index (κ1) is 17.8. The molecule has 3 rings (SSSR count). The topological polar surface area (TPSA) is 39.7 Å². The first-order chi connectivity index (χ1) is 12.3. The molecule has 25 heavy (non-hydrogen) atoms. The third kappa shape index (κ3) is 4.74. The van der Waals surface area contributed by atoms with Crippen LogP contribution in [0, 0.1) is 6.92 Å². The first-order valence-electron chi connectivity index (χ1n) is 8.93. The van der Waals surface area contributed by atoms with Crippen LogP contribution in [0.4, 0.5) is 0 Å². The van der Waals surface area contributed by atoms with Gasteiger partial charge in [0, 0.05) is 25.3 Å². The molecule has 1 aliphatic heterocycles. The van der Waals surface area contributed by atoms with Crippen molar-refractivity contribution < 1.29 is 14.2 Å². The molecule has 1 unspecified atom stereocenters. The largest absolute Gasteiger partial charge is 0.493 e. The average molecular weight is 341 g/mol. The Hall–Kier alpha value is -2.04. The summed E-state index contributed by atoms with van der Waals surface area (Å²) >= 11 is 0. The summed E-state index contributed by atoms with van der Waals surface area (Å²) in [5.41, 5.74) is 3.72. The minimum atomic E-state index is 0.192. The number of methoxy groups -OCH3 is 1. The predicted molar refractivity (Wildman–Crippen MR) is 99.2 cm³/mol. The lowest BCUT2D eigenvalue weighted by molar-refractivity contribution is 0.0666. The Morgan fingerprint density at radius 3 is 2.64 bits per heavy atom. The molecule has 1 fully saturated rings. The van der Waals surface area contributed by atoms with Crippen molar-refractivity contribution in [2.45, 2.75) is 39.0 Å². The van der Waals surface area contributed by atoms with Crippen LogP contribution in [-0.4, -0.2) is 26.4 Å². The Kier molecular flexibility index (Phi) is 6.31. The first-order valence-corrected chi connectivity index (χ1v) is 8.93. The van der Waals surface area contributed by atoms with Crippen molar-refractivity contribution in [1.29, 1.82) is 0 Å². The highest BCUT2D eigenvalue weighted by Gasteiger charge is 2.18. The Bertz CT molecular complexity index is 681. The maximum Gasteiger partial charge on any atom is 0.165 e. The van der Waals surface area contributed by atoms with Gasteiger partial charge in [-0.25, -0.2) is 0 Å². The Balaban J connectivity index is 1.64. The highest BCUT2D eigenvalue weighted by Crippen LogP contribution is 2.32. The third-order valence-electron chi connectivity index (χ3n) is 4.61. The van der Waals surface area contributed by atoms with Crippen molar-refractivity contribution in [3.05, 3.63) is 59.2 Å². The van der Waals surface area contributed by atoms with Crippen molar-refractivity contribution in [3.63, 3.8) is 0 Å². The van der Waals surface area contributed by atoms with Crippen molar-refractivity contribution in [1.82, 2.24) is 5.32 Å². The maximum absolute atomic E-state index is 6.08. The van der Waals surface area contributed by atoms with Gasteiger partial charge in [-0.15, -0.1) is 0 Å². The molecule has 0 aliphatic carbocycles. The van der Waals surface area contributed by atoms with Gasteiger partial charge in [-0.2, -0.15) is 0 Å². The second kappa shape index (κ2) is 8.88. The lowest BCUT2D eigenvalue weighted by Gasteiger charge is -2.18. The monoisotopic (exact) mass is 341 g/mol. The van der Waals surface area contributed by atoms with E-state index in [2.05, 4.69) is 42.6 Å². The van der Waals surface area contributed by atoms with Gasteiger partial charge in [0.25, 0.3) is 0 Å². The molecule has 1 saturated heterocycles. The van der Waals surface area contributed by atoms with Gasteiger partial charge in [0.05, 0.1) is 13.2 Å². The van der Waals surface area contributed by atoms with E-state index in [0.717, 1.165) is 49.6 Å². The minimum absolute atomic E-state index is 0.192. The lowest BCUT2D eigenvalue weighted by atomic mass is 10.1. The fourth-order valence-electron chi connectivity index (χ4n) is 3.12. The van der Waals surface area contributed by atoms with Crippen LogP contribution in [0.25, 0.3) is 0 Å². The van der Waals surface area contributed by atoms with Crippen LogP contribution in [0.5, 0.6) is 11.5 Å². The number of rotatable bonds is 8. The van der Waals surface area contributed by atoms with Crippen LogP contribution in [0.1, 0.15) is 29.5 Å². The highest BCUT2D eigenvalue weighted by atomic mass is 16.5. The maximum atomic E-state index is 6.08. The Morgan fingerprint density at radius 2 is 1.88 bits per heavy atom. The van der Waals surface area contributed by atoms with Crippen molar-refractivity contribution in [2.24, 2.45) is 0 Å². The van der Waals surface area contributed by atoms with E-state index in [-0.39, 0.29) is 6.10 Å². The summed E-state index contributed by atoms with van der Waals surface area (Å²) in [5, 5.41) is 3.51. The third-order valence-corrected chi connectivity index (χ3v) is 4.61. The van der Waals surface area contributed by atoms with Crippen LogP contribution in [0.15, 0.2) is 42.5 Å². The standard InChI is InChI=1S/C21H27NO3/c1-16-7-3-4-8-17(16)13-22-14-18-9-5-11-20(23-2)21(18)25-15-19-10-6-12-24-19/h3-5,7-9,11,19,22H,6,10,12-15H2,1-2H3. The molecular weight excluding hydrogens is 314 g/mol. The van der Waals surface area contributed by atoms with Crippen LogP contribution < -0.4 is 14.8 Å². The summed E-state index contributed by atoms with van der Waals surface area (Å²) in [7, 11) is 1.68. The van der Waals surface area contributed by atoms with Gasteiger partial charge in [-0.1, -0.05) is 36.4 Å².